The van der Waals surface area contributed by atoms with Gasteiger partial charge in [-0.1, -0.05) is 13.0 Å². The Morgan fingerprint density at radius 2 is 1.97 bits per heavy atom. The summed E-state index contributed by atoms with van der Waals surface area (Å²) in [5.74, 6) is -0.826. The fourth-order valence-corrected chi connectivity index (χ4v) is 4.39. The minimum Gasteiger partial charge on any atom is -0.444 e. The van der Waals surface area contributed by atoms with E-state index in [1.165, 1.54) is 0 Å². The van der Waals surface area contributed by atoms with Gasteiger partial charge < -0.3 is 26.0 Å². The summed E-state index contributed by atoms with van der Waals surface area (Å²) in [6.45, 7) is 10.8. The Kier molecular flexibility index (Phi) is 7.64. The molecule has 2 heterocycles. The number of aryl methyl sites for hydroxylation is 1. The highest BCUT2D eigenvalue weighted by atomic mass is 16.6. The molecule has 1 saturated heterocycles. The summed E-state index contributed by atoms with van der Waals surface area (Å²) in [6, 6.07) is 6.86. The number of piperidine rings is 1. The highest BCUT2D eigenvalue weighted by Gasteiger charge is 2.31. The van der Waals surface area contributed by atoms with Crippen LogP contribution in [0.25, 0.3) is 10.9 Å². The molecule has 0 spiro atoms. The summed E-state index contributed by atoms with van der Waals surface area (Å²) in [7, 11) is 0. The third kappa shape index (κ3) is 6.59. The van der Waals surface area contributed by atoms with Crippen LogP contribution in [0, 0.1) is 12.8 Å². The molecule has 1 aliphatic heterocycles. The van der Waals surface area contributed by atoms with Crippen molar-refractivity contribution in [1.82, 2.24) is 15.6 Å². The zero-order chi connectivity index (χ0) is 25.0. The van der Waals surface area contributed by atoms with E-state index < -0.39 is 29.6 Å². The van der Waals surface area contributed by atoms with Crippen LogP contribution < -0.4 is 21.3 Å². The molecule has 3 atom stereocenters. The Balaban J connectivity index is 1.75. The number of anilines is 1. The van der Waals surface area contributed by atoms with Crippen molar-refractivity contribution in [1.29, 1.82) is 0 Å². The monoisotopic (exact) mass is 469 g/mol. The average molecular weight is 470 g/mol. The van der Waals surface area contributed by atoms with Gasteiger partial charge in [-0.2, -0.15) is 0 Å². The lowest BCUT2D eigenvalue weighted by Gasteiger charge is -2.39. The normalized spacial score (nSPS) is 19.4. The number of nitrogens with zero attached hydrogens (tertiary/aromatic N) is 2. The van der Waals surface area contributed by atoms with Gasteiger partial charge >= 0.3 is 6.09 Å². The predicted octanol–water partition coefficient (Wildman–Crippen LogP) is 2.64. The summed E-state index contributed by atoms with van der Waals surface area (Å²) in [5.41, 5.74) is 7.73. The Labute approximate surface area is 200 Å². The molecule has 2 aromatic rings. The summed E-state index contributed by atoms with van der Waals surface area (Å²) in [6.07, 6.45) is 1.48. The predicted molar refractivity (Wildman–Crippen MR) is 131 cm³/mol. The minimum absolute atomic E-state index is 0.167. The van der Waals surface area contributed by atoms with Gasteiger partial charge in [0.2, 0.25) is 11.8 Å². The first-order valence-electron chi connectivity index (χ1n) is 11.6. The first-order chi connectivity index (χ1) is 15.9. The van der Waals surface area contributed by atoms with Gasteiger partial charge in [0.25, 0.3) is 0 Å². The summed E-state index contributed by atoms with van der Waals surface area (Å²) in [4.78, 5) is 43.6. The standard InChI is InChI=1S/C25H35N5O4/c1-15-11-17(28-23(32)19(12-21(26)31)29-24(33)34-25(3,4)5)14-30(13-15)20-9-8-16(2)22-18(20)7-6-10-27-22/h6-10,15,17,19H,11-14H2,1-5H3,(H2,26,31)(H,28,32)(H,29,33)/t15-,17+,19-/m0/s1. The number of carbonyl (C=O) groups excluding carboxylic acids is 3. The number of rotatable bonds is 6. The van der Waals surface area contributed by atoms with Gasteiger partial charge in [0.05, 0.1) is 11.9 Å². The SMILES string of the molecule is Cc1ccc(N2C[C@@H](C)C[C@@H](NC(=O)[C@H](CC(N)=O)NC(=O)OC(C)(C)C)C2)c2cccnc12. The van der Waals surface area contributed by atoms with Crippen LogP contribution in [-0.2, 0) is 14.3 Å². The average Bonchev–Trinajstić information content (AvgIpc) is 2.71. The molecule has 0 aliphatic carbocycles. The van der Waals surface area contributed by atoms with E-state index in [4.69, 9.17) is 10.5 Å². The molecule has 3 rings (SSSR count). The molecule has 9 nitrogen and oxygen atoms in total. The molecule has 1 aromatic heterocycles. The van der Waals surface area contributed by atoms with Crippen molar-refractivity contribution in [2.24, 2.45) is 11.7 Å². The van der Waals surface area contributed by atoms with Crippen LogP contribution in [0.5, 0.6) is 0 Å². The third-order valence-corrected chi connectivity index (χ3v) is 5.71. The second kappa shape index (κ2) is 10.3. The number of hydrogen-bond acceptors (Lipinski definition) is 6. The highest BCUT2D eigenvalue weighted by Crippen LogP contribution is 2.31. The maximum Gasteiger partial charge on any atom is 0.408 e. The third-order valence-electron chi connectivity index (χ3n) is 5.71. The number of ether oxygens (including phenoxy) is 1. The van der Waals surface area contributed by atoms with Crippen LogP contribution in [0.1, 0.15) is 46.1 Å². The molecular formula is C25H35N5O4. The van der Waals surface area contributed by atoms with E-state index in [1.807, 2.05) is 13.0 Å². The van der Waals surface area contributed by atoms with E-state index in [1.54, 1.807) is 27.0 Å². The number of carbonyl (C=O) groups is 3. The fourth-order valence-electron chi connectivity index (χ4n) is 4.39. The van der Waals surface area contributed by atoms with Gasteiger partial charge in [0.15, 0.2) is 0 Å². The first-order valence-corrected chi connectivity index (χ1v) is 11.6. The number of hydrogen-bond donors (Lipinski definition) is 3. The number of primary amides is 1. The van der Waals surface area contributed by atoms with E-state index in [2.05, 4.69) is 45.6 Å². The molecule has 1 fully saturated rings. The van der Waals surface area contributed by atoms with Crippen molar-refractivity contribution >= 4 is 34.5 Å². The topological polar surface area (TPSA) is 127 Å². The van der Waals surface area contributed by atoms with Crippen molar-refractivity contribution < 1.29 is 19.1 Å². The molecule has 0 bridgehead atoms. The number of aromatic nitrogens is 1. The molecule has 1 aromatic carbocycles. The maximum absolute atomic E-state index is 13.0. The molecule has 184 valence electrons. The van der Waals surface area contributed by atoms with E-state index in [-0.39, 0.29) is 12.5 Å². The van der Waals surface area contributed by atoms with E-state index in [0.717, 1.165) is 35.1 Å². The molecule has 0 saturated carbocycles. The van der Waals surface area contributed by atoms with Crippen LogP contribution in [0.4, 0.5) is 10.5 Å². The van der Waals surface area contributed by atoms with Crippen molar-refractivity contribution in [2.75, 3.05) is 18.0 Å². The Hall–Kier alpha value is -3.36. The highest BCUT2D eigenvalue weighted by molar-refractivity contribution is 5.94. The number of alkyl carbamates (subject to hydrolysis) is 1. The summed E-state index contributed by atoms with van der Waals surface area (Å²) < 4.78 is 5.24. The molecule has 0 unspecified atom stereocenters. The van der Waals surface area contributed by atoms with Crippen LogP contribution in [0.15, 0.2) is 30.5 Å². The van der Waals surface area contributed by atoms with Gasteiger partial charge in [-0.25, -0.2) is 4.79 Å². The molecule has 34 heavy (non-hydrogen) atoms. The van der Waals surface area contributed by atoms with E-state index in [9.17, 15) is 14.4 Å². The van der Waals surface area contributed by atoms with Gasteiger partial charge in [0, 0.05) is 36.4 Å². The zero-order valence-corrected chi connectivity index (χ0v) is 20.6. The van der Waals surface area contributed by atoms with Crippen molar-refractivity contribution in [3.63, 3.8) is 0 Å². The number of benzene rings is 1. The second-order valence-electron chi connectivity index (χ2n) is 10.1. The van der Waals surface area contributed by atoms with Crippen LogP contribution in [0.2, 0.25) is 0 Å². The van der Waals surface area contributed by atoms with Gasteiger partial charge in [0.1, 0.15) is 11.6 Å². The van der Waals surface area contributed by atoms with Crippen LogP contribution in [-0.4, -0.2) is 53.7 Å². The van der Waals surface area contributed by atoms with Crippen LogP contribution in [0.3, 0.4) is 0 Å². The number of fused-ring (bicyclic) bond motifs is 1. The maximum atomic E-state index is 13.0. The van der Waals surface area contributed by atoms with Gasteiger partial charge in [-0.05, 0) is 63.8 Å². The summed E-state index contributed by atoms with van der Waals surface area (Å²) in [5, 5.41) is 6.56. The zero-order valence-electron chi connectivity index (χ0n) is 20.6. The number of pyridine rings is 1. The lowest BCUT2D eigenvalue weighted by atomic mass is 9.94. The van der Waals surface area contributed by atoms with E-state index in [0.29, 0.717) is 12.5 Å². The number of nitrogens with two attached hydrogens (primary N) is 1. The van der Waals surface area contributed by atoms with Gasteiger partial charge in [-0.3, -0.25) is 14.6 Å². The minimum atomic E-state index is -1.11. The molecule has 4 N–H and O–H groups in total. The lowest BCUT2D eigenvalue weighted by molar-refractivity contribution is -0.127. The lowest BCUT2D eigenvalue weighted by Crippen LogP contribution is -2.56. The second-order valence-corrected chi connectivity index (χ2v) is 10.1. The Morgan fingerprint density at radius 1 is 1.24 bits per heavy atom. The largest absolute Gasteiger partial charge is 0.444 e. The Morgan fingerprint density at radius 3 is 2.65 bits per heavy atom. The molecular weight excluding hydrogens is 434 g/mol. The van der Waals surface area contributed by atoms with E-state index >= 15 is 0 Å². The van der Waals surface area contributed by atoms with Crippen molar-refractivity contribution in [3.8, 4) is 0 Å². The first kappa shape index (κ1) is 25.3. The Bertz CT molecular complexity index is 1060. The number of nitrogens with one attached hydrogen (secondary N) is 2. The summed E-state index contributed by atoms with van der Waals surface area (Å²) >= 11 is 0. The number of amides is 3. The van der Waals surface area contributed by atoms with Crippen molar-refractivity contribution in [2.45, 2.75) is 65.1 Å². The molecule has 3 amide bonds. The van der Waals surface area contributed by atoms with Crippen molar-refractivity contribution in [3.05, 3.63) is 36.0 Å². The van der Waals surface area contributed by atoms with Crippen LogP contribution >= 0.6 is 0 Å². The molecule has 0 radical (unpaired) electrons. The quantitative estimate of drug-likeness (QED) is 0.597. The fraction of sp³-hybridized carbons (Fsp3) is 0.520. The van der Waals surface area contributed by atoms with Gasteiger partial charge in [-0.15, -0.1) is 0 Å². The molecule has 1 aliphatic rings. The molecule has 9 heteroatoms. The smallest absolute Gasteiger partial charge is 0.408 e.